The molecule has 2 N–H and O–H groups in total. The van der Waals surface area contributed by atoms with E-state index in [0.717, 1.165) is 31.0 Å². The lowest BCUT2D eigenvalue weighted by atomic mass is 9.96. The minimum atomic E-state index is 0.123. The summed E-state index contributed by atoms with van der Waals surface area (Å²) in [7, 11) is 6.36. The molecule has 20 heavy (non-hydrogen) atoms. The summed E-state index contributed by atoms with van der Waals surface area (Å²) in [6.45, 7) is 4.26. The van der Waals surface area contributed by atoms with Gasteiger partial charge in [0.2, 0.25) is 0 Å². The number of nitrogens with zero attached hydrogens (tertiary/aromatic N) is 2. The second kappa shape index (κ2) is 8.63. The van der Waals surface area contributed by atoms with Crippen LogP contribution in [0.1, 0.15) is 31.4 Å². The third-order valence-corrected chi connectivity index (χ3v) is 3.89. The maximum atomic E-state index is 6.34. The fourth-order valence-electron chi connectivity index (χ4n) is 2.52. The van der Waals surface area contributed by atoms with Gasteiger partial charge in [0.1, 0.15) is 0 Å². The zero-order chi connectivity index (χ0) is 15.1. The van der Waals surface area contributed by atoms with E-state index < -0.39 is 0 Å². The predicted molar refractivity (Wildman–Crippen MR) is 88.3 cm³/mol. The summed E-state index contributed by atoms with van der Waals surface area (Å²) >= 11 is 6.12. The largest absolute Gasteiger partial charge is 0.326 e. The zero-order valence-electron chi connectivity index (χ0n) is 13.1. The van der Waals surface area contributed by atoms with Gasteiger partial charge in [-0.15, -0.1) is 0 Å². The Kier molecular flexibility index (Phi) is 7.52. The molecular weight excluding hydrogens is 270 g/mol. The molecule has 0 heterocycles. The molecule has 3 nitrogen and oxygen atoms in total. The number of likely N-dealkylation sites (N-methyl/N-ethyl adjacent to an activating group) is 1. The van der Waals surface area contributed by atoms with Crippen LogP contribution in [-0.2, 0) is 0 Å². The van der Waals surface area contributed by atoms with Gasteiger partial charge in [-0.3, -0.25) is 4.90 Å². The van der Waals surface area contributed by atoms with Crippen LogP contribution in [0, 0.1) is 0 Å². The van der Waals surface area contributed by atoms with E-state index in [9.17, 15) is 0 Å². The van der Waals surface area contributed by atoms with Crippen LogP contribution < -0.4 is 5.73 Å². The second-order valence-corrected chi connectivity index (χ2v) is 6.15. The Labute approximate surface area is 128 Å². The molecule has 0 aromatic heterocycles. The van der Waals surface area contributed by atoms with E-state index in [2.05, 4.69) is 43.9 Å². The fourth-order valence-corrected chi connectivity index (χ4v) is 2.72. The SMILES string of the molecule is CCC(N)C(c1cccc(Cl)c1)N(C)CCCN(C)C. The van der Waals surface area contributed by atoms with Crippen LogP contribution in [-0.4, -0.2) is 50.1 Å². The molecule has 1 aromatic rings. The summed E-state index contributed by atoms with van der Waals surface area (Å²) in [5.41, 5.74) is 7.54. The molecule has 0 spiro atoms. The highest BCUT2D eigenvalue weighted by Gasteiger charge is 2.22. The lowest BCUT2D eigenvalue weighted by Gasteiger charge is -2.33. The van der Waals surface area contributed by atoms with Crippen molar-refractivity contribution in [3.05, 3.63) is 34.9 Å². The number of hydrogen-bond donors (Lipinski definition) is 1. The van der Waals surface area contributed by atoms with Crippen LogP contribution in [0.5, 0.6) is 0 Å². The summed E-state index contributed by atoms with van der Waals surface area (Å²) in [5.74, 6) is 0. The van der Waals surface area contributed by atoms with Gasteiger partial charge >= 0.3 is 0 Å². The maximum Gasteiger partial charge on any atom is 0.0496 e. The topological polar surface area (TPSA) is 32.5 Å². The first-order chi connectivity index (χ1) is 9.45. The molecule has 0 aliphatic carbocycles. The van der Waals surface area contributed by atoms with Gasteiger partial charge in [-0.1, -0.05) is 30.7 Å². The summed E-state index contributed by atoms with van der Waals surface area (Å²) in [6, 6.07) is 8.41. The third-order valence-electron chi connectivity index (χ3n) is 3.66. The molecule has 4 heteroatoms. The number of benzene rings is 1. The molecule has 0 aliphatic heterocycles. The van der Waals surface area contributed by atoms with Crippen LogP contribution in [0.15, 0.2) is 24.3 Å². The highest BCUT2D eigenvalue weighted by molar-refractivity contribution is 6.30. The van der Waals surface area contributed by atoms with Crippen molar-refractivity contribution in [3.63, 3.8) is 0 Å². The van der Waals surface area contributed by atoms with Crippen LogP contribution in [0.2, 0.25) is 5.02 Å². The van der Waals surface area contributed by atoms with Crippen LogP contribution in [0.3, 0.4) is 0 Å². The standard InChI is InChI=1S/C16H28ClN3/c1-5-15(18)16(13-8-6-9-14(17)12-13)20(4)11-7-10-19(2)3/h6,8-9,12,15-16H,5,7,10-11,18H2,1-4H3. The van der Waals surface area contributed by atoms with Crippen LogP contribution in [0.25, 0.3) is 0 Å². The van der Waals surface area contributed by atoms with E-state index in [1.807, 2.05) is 18.2 Å². The van der Waals surface area contributed by atoms with Gasteiger partial charge in [-0.25, -0.2) is 0 Å². The molecule has 0 amide bonds. The highest BCUT2D eigenvalue weighted by Crippen LogP contribution is 2.26. The Balaban J connectivity index is 2.78. The fraction of sp³-hybridized carbons (Fsp3) is 0.625. The highest BCUT2D eigenvalue weighted by atomic mass is 35.5. The Hall–Kier alpha value is -0.610. The summed E-state index contributed by atoms with van der Waals surface area (Å²) < 4.78 is 0. The molecule has 0 bridgehead atoms. The van der Waals surface area contributed by atoms with E-state index >= 15 is 0 Å². The van der Waals surface area contributed by atoms with Crippen molar-refractivity contribution >= 4 is 11.6 Å². The predicted octanol–water partition coefficient (Wildman–Crippen LogP) is 3.00. The van der Waals surface area contributed by atoms with Crippen LogP contribution >= 0.6 is 11.6 Å². The average molecular weight is 298 g/mol. The number of nitrogens with two attached hydrogens (primary N) is 1. The Bertz CT molecular complexity index is 395. The smallest absolute Gasteiger partial charge is 0.0496 e. The third kappa shape index (κ3) is 5.41. The van der Waals surface area contributed by atoms with Crippen molar-refractivity contribution in [1.82, 2.24) is 9.80 Å². The van der Waals surface area contributed by atoms with Crippen molar-refractivity contribution < 1.29 is 0 Å². The lowest BCUT2D eigenvalue weighted by molar-refractivity contribution is 0.200. The van der Waals surface area contributed by atoms with E-state index in [0.29, 0.717) is 0 Å². The van der Waals surface area contributed by atoms with Gasteiger partial charge < -0.3 is 10.6 Å². The molecule has 0 saturated carbocycles. The lowest BCUT2D eigenvalue weighted by Crippen LogP contribution is -2.39. The average Bonchev–Trinajstić information content (AvgIpc) is 2.38. The Morgan fingerprint density at radius 1 is 1.20 bits per heavy atom. The van der Waals surface area contributed by atoms with Gasteiger partial charge in [0.25, 0.3) is 0 Å². The minimum absolute atomic E-state index is 0.123. The first-order valence-corrected chi connectivity index (χ1v) is 7.69. The molecule has 2 atom stereocenters. The van der Waals surface area contributed by atoms with Crippen LogP contribution in [0.4, 0.5) is 0 Å². The Morgan fingerprint density at radius 2 is 1.90 bits per heavy atom. The van der Waals surface area contributed by atoms with E-state index in [1.54, 1.807) is 0 Å². The molecule has 1 rings (SSSR count). The van der Waals surface area contributed by atoms with E-state index in [4.69, 9.17) is 17.3 Å². The van der Waals surface area contributed by atoms with Crippen molar-refractivity contribution in [1.29, 1.82) is 0 Å². The molecule has 114 valence electrons. The normalized spacial score (nSPS) is 14.8. The summed E-state index contributed by atoms with van der Waals surface area (Å²) in [5, 5.41) is 0.775. The molecule has 0 fully saturated rings. The number of halogens is 1. The first kappa shape index (κ1) is 17.4. The van der Waals surface area contributed by atoms with E-state index in [1.165, 1.54) is 5.56 Å². The molecule has 0 radical (unpaired) electrons. The van der Waals surface area contributed by atoms with Gasteiger partial charge in [0.15, 0.2) is 0 Å². The second-order valence-electron chi connectivity index (χ2n) is 5.71. The molecule has 2 unspecified atom stereocenters. The minimum Gasteiger partial charge on any atom is -0.326 e. The molecular formula is C16H28ClN3. The monoisotopic (exact) mass is 297 g/mol. The summed E-state index contributed by atoms with van der Waals surface area (Å²) in [6.07, 6.45) is 2.09. The molecule has 0 aliphatic rings. The molecule has 0 saturated heterocycles. The van der Waals surface area contributed by atoms with Gasteiger partial charge in [0.05, 0.1) is 0 Å². The molecule has 1 aromatic carbocycles. The number of hydrogen-bond acceptors (Lipinski definition) is 3. The van der Waals surface area contributed by atoms with Gasteiger partial charge in [0, 0.05) is 17.1 Å². The zero-order valence-corrected chi connectivity index (χ0v) is 13.9. The van der Waals surface area contributed by atoms with Gasteiger partial charge in [-0.2, -0.15) is 0 Å². The quantitative estimate of drug-likeness (QED) is 0.800. The Morgan fingerprint density at radius 3 is 2.45 bits per heavy atom. The first-order valence-electron chi connectivity index (χ1n) is 7.31. The van der Waals surface area contributed by atoms with E-state index in [-0.39, 0.29) is 12.1 Å². The van der Waals surface area contributed by atoms with Crippen molar-refractivity contribution in [2.75, 3.05) is 34.2 Å². The van der Waals surface area contributed by atoms with Crippen molar-refractivity contribution in [2.24, 2.45) is 5.73 Å². The number of rotatable bonds is 8. The van der Waals surface area contributed by atoms with Gasteiger partial charge in [-0.05, 0) is 64.8 Å². The van der Waals surface area contributed by atoms with Crippen molar-refractivity contribution in [2.45, 2.75) is 31.8 Å². The summed E-state index contributed by atoms with van der Waals surface area (Å²) in [4.78, 5) is 4.56. The maximum absolute atomic E-state index is 6.34. The van der Waals surface area contributed by atoms with Crippen molar-refractivity contribution in [3.8, 4) is 0 Å².